The Kier molecular flexibility index (Phi) is 3.82. The van der Waals surface area contributed by atoms with E-state index in [2.05, 4.69) is 5.32 Å². The summed E-state index contributed by atoms with van der Waals surface area (Å²) in [4.78, 5) is 11.2. The van der Waals surface area contributed by atoms with Crippen LogP contribution in [0.15, 0.2) is 24.3 Å². The lowest BCUT2D eigenvalue weighted by molar-refractivity contribution is -0.125. The van der Waals surface area contributed by atoms with Crippen LogP contribution in [0.3, 0.4) is 0 Å². The van der Waals surface area contributed by atoms with Crippen molar-refractivity contribution in [1.82, 2.24) is 5.32 Å². The molecule has 1 aromatic carbocycles. The minimum Gasteiger partial charge on any atom is -0.486 e. The molecule has 17 heavy (non-hydrogen) atoms. The van der Waals surface area contributed by atoms with Gasteiger partial charge in [-0.2, -0.15) is 0 Å². The second-order valence-electron chi connectivity index (χ2n) is 3.73. The minimum atomic E-state index is -0.161. The number of methoxy groups -OCH3 is 1. The fraction of sp³-hybridized carbons (Fsp3) is 0.417. The smallest absolute Gasteiger partial charge is 0.246 e. The monoisotopic (exact) mass is 237 g/mol. The predicted molar refractivity (Wildman–Crippen MR) is 61.2 cm³/mol. The molecular formula is C12H15NO4. The lowest BCUT2D eigenvalue weighted by Crippen LogP contribution is -2.41. The number of ether oxygens (including phenoxy) is 3. The summed E-state index contributed by atoms with van der Waals surface area (Å²) in [6.45, 7) is 0.908. The molecular weight excluding hydrogens is 222 g/mol. The molecule has 1 aliphatic heterocycles. The zero-order valence-electron chi connectivity index (χ0n) is 9.64. The first-order valence-corrected chi connectivity index (χ1v) is 5.43. The number of benzene rings is 1. The van der Waals surface area contributed by atoms with E-state index in [0.29, 0.717) is 18.9 Å². The summed E-state index contributed by atoms with van der Waals surface area (Å²) in [7, 11) is 1.48. The van der Waals surface area contributed by atoms with Crippen molar-refractivity contribution in [2.75, 3.05) is 26.9 Å². The number of para-hydroxylation sites is 2. The third kappa shape index (κ3) is 3.10. The molecule has 0 aromatic heterocycles. The number of fused-ring (bicyclic) bond motifs is 1. The number of hydrogen-bond donors (Lipinski definition) is 1. The predicted octanol–water partition coefficient (Wildman–Crippen LogP) is 0.589. The van der Waals surface area contributed by atoms with Gasteiger partial charge >= 0.3 is 0 Å². The molecule has 0 fully saturated rings. The van der Waals surface area contributed by atoms with Crippen LogP contribution in [0.2, 0.25) is 0 Å². The Balaban J connectivity index is 1.84. The van der Waals surface area contributed by atoms with Crippen molar-refractivity contribution in [2.45, 2.75) is 6.10 Å². The van der Waals surface area contributed by atoms with Crippen LogP contribution < -0.4 is 14.8 Å². The van der Waals surface area contributed by atoms with Crippen molar-refractivity contribution >= 4 is 5.91 Å². The van der Waals surface area contributed by atoms with E-state index < -0.39 is 0 Å². The van der Waals surface area contributed by atoms with Crippen molar-refractivity contribution in [1.29, 1.82) is 0 Å². The lowest BCUT2D eigenvalue weighted by atomic mass is 10.2. The summed E-state index contributed by atoms with van der Waals surface area (Å²) >= 11 is 0. The second-order valence-corrected chi connectivity index (χ2v) is 3.73. The highest BCUT2D eigenvalue weighted by Crippen LogP contribution is 2.30. The first kappa shape index (κ1) is 11.7. The largest absolute Gasteiger partial charge is 0.486 e. The summed E-state index contributed by atoms with van der Waals surface area (Å²) in [5.41, 5.74) is 0. The molecule has 0 saturated carbocycles. The van der Waals surface area contributed by atoms with Gasteiger partial charge < -0.3 is 19.5 Å². The van der Waals surface area contributed by atoms with E-state index in [1.54, 1.807) is 0 Å². The molecule has 0 radical (unpaired) electrons. The molecule has 1 N–H and O–H groups in total. The first-order valence-electron chi connectivity index (χ1n) is 5.43. The van der Waals surface area contributed by atoms with E-state index in [-0.39, 0.29) is 18.6 Å². The average Bonchev–Trinajstić information content (AvgIpc) is 2.36. The van der Waals surface area contributed by atoms with Crippen LogP contribution in [0.4, 0.5) is 0 Å². The Hall–Kier alpha value is -1.75. The number of amides is 1. The summed E-state index contributed by atoms with van der Waals surface area (Å²) in [6, 6.07) is 7.48. The van der Waals surface area contributed by atoms with Crippen LogP contribution in [0.1, 0.15) is 0 Å². The Labute approximate surface area is 99.7 Å². The molecule has 1 atom stereocenters. The Bertz CT molecular complexity index is 394. The number of carbonyl (C=O) groups excluding carboxylic acids is 1. The maximum Gasteiger partial charge on any atom is 0.246 e. The van der Waals surface area contributed by atoms with Crippen molar-refractivity contribution in [2.24, 2.45) is 0 Å². The van der Waals surface area contributed by atoms with Crippen LogP contribution in [0, 0.1) is 0 Å². The molecule has 0 aliphatic carbocycles. The van der Waals surface area contributed by atoms with Gasteiger partial charge in [0.25, 0.3) is 0 Å². The van der Waals surface area contributed by atoms with Gasteiger partial charge in [0.2, 0.25) is 5.91 Å². The third-order valence-corrected chi connectivity index (χ3v) is 2.37. The summed E-state index contributed by atoms with van der Waals surface area (Å²) < 4.78 is 15.9. The van der Waals surface area contributed by atoms with Gasteiger partial charge in [0, 0.05) is 7.11 Å². The Morgan fingerprint density at radius 3 is 3.00 bits per heavy atom. The molecule has 92 valence electrons. The third-order valence-electron chi connectivity index (χ3n) is 2.37. The summed E-state index contributed by atoms with van der Waals surface area (Å²) in [5.74, 6) is 1.30. The standard InChI is InChI=1S/C12H15NO4/c1-15-8-12(14)13-6-9-7-16-10-4-2-3-5-11(10)17-9/h2-5,9H,6-8H2,1H3,(H,13,14). The summed E-state index contributed by atoms with van der Waals surface area (Å²) in [6.07, 6.45) is -0.161. The van der Waals surface area contributed by atoms with E-state index >= 15 is 0 Å². The molecule has 1 aromatic rings. The molecule has 1 amide bonds. The van der Waals surface area contributed by atoms with E-state index in [0.717, 1.165) is 5.75 Å². The highest BCUT2D eigenvalue weighted by atomic mass is 16.6. The fourth-order valence-electron chi connectivity index (χ4n) is 1.57. The van der Waals surface area contributed by atoms with Crippen LogP contribution in [0.5, 0.6) is 11.5 Å². The molecule has 5 nitrogen and oxygen atoms in total. The van der Waals surface area contributed by atoms with Gasteiger partial charge in [-0.25, -0.2) is 0 Å². The molecule has 5 heteroatoms. The van der Waals surface area contributed by atoms with Gasteiger partial charge in [0.15, 0.2) is 11.5 Å². The quantitative estimate of drug-likeness (QED) is 0.832. The molecule has 1 aliphatic rings. The van der Waals surface area contributed by atoms with Gasteiger partial charge in [0.05, 0.1) is 6.54 Å². The Morgan fingerprint density at radius 2 is 2.24 bits per heavy atom. The zero-order chi connectivity index (χ0) is 12.1. The highest BCUT2D eigenvalue weighted by Gasteiger charge is 2.20. The number of carbonyl (C=O) groups is 1. The zero-order valence-corrected chi connectivity index (χ0v) is 9.64. The van der Waals surface area contributed by atoms with Crippen molar-refractivity contribution < 1.29 is 19.0 Å². The topological polar surface area (TPSA) is 56.8 Å². The van der Waals surface area contributed by atoms with Gasteiger partial charge in [-0.15, -0.1) is 0 Å². The second kappa shape index (κ2) is 5.54. The Morgan fingerprint density at radius 1 is 1.47 bits per heavy atom. The van der Waals surface area contributed by atoms with Crippen LogP contribution in [-0.2, 0) is 9.53 Å². The minimum absolute atomic E-state index is 0.0597. The summed E-state index contributed by atoms with van der Waals surface area (Å²) in [5, 5.41) is 2.72. The highest BCUT2D eigenvalue weighted by molar-refractivity contribution is 5.77. The van der Waals surface area contributed by atoms with Crippen molar-refractivity contribution in [3.8, 4) is 11.5 Å². The molecule has 0 spiro atoms. The van der Waals surface area contributed by atoms with E-state index in [1.165, 1.54) is 7.11 Å². The van der Waals surface area contributed by atoms with Crippen LogP contribution >= 0.6 is 0 Å². The van der Waals surface area contributed by atoms with Gasteiger partial charge in [-0.1, -0.05) is 12.1 Å². The number of hydrogen-bond acceptors (Lipinski definition) is 4. The maximum atomic E-state index is 11.2. The fourth-order valence-corrected chi connectivity index (χ4v) is 1.57. The van der Waals surface area contributed by atoms with Crippen molar-refractivity contribution in [3.05, 3.63) is 24.3 Å². The van der Waals surface area contributed by atoms with Crippen LogP contribution in [0.25, 0.3) is 0 Å². The van der Waals surface area contributed by atoms with Gasteiger partial charge in [-0.3, -0.25) is 4.79 Å². The van der Waals surface area contributed by atoms with Crippen LogP contribution in [-0.4, -0.2) is 38.9 Å². The van der Waals surface area contributed by atoms with E-state index in [1.807, 2.05) is 24.3 Å². The molecule has 2 rings (SSSR count). The average molecular weight is 237 g/mol. The normalized spacial score (nSPS) is 17.6. The number of rotatable bonds is 4. The molecule has 1 heterocycles. The van der Waals surface area contributed by atoms with Gasteiger partial charge in [0.1, 0.15) is 19.3 Å². The molecule has 0 saturated heterocycles. The van der Waals surface area contributed by atoms with E-state index in [4.69, 9.17) is 14.2 Å². The SMILES string of the molecule is COCC(=O)NCC1COc2ccccc2O1. The lowest BCUT2D eigenvalue weighted by Gasteiger charge is -2.26. The van der Waals surface area contributed by atoms with E-state index in [9.17, 15) is 4.79 Å². The maximum absolute atomic E-state index is 11.2. The molecule has 0 bridgehead atoms. The molecule has 1 unspecified atom stereocenters. The van der Waals surface area contributed by atoms with Crippen molar-refractivity contribution in [3.63, 3.8) is 0 Å². The van der Waals surface area contributed by atoms with Gasteiger partial charge in [-0.05, 0) is 12.1 Å². The number of nitrogens with one attached hydrogen (secondary N) is 1. The first-order chi connectivity index (χ1) is 8.29.